The third kappa shape index (κ3) is 8.53. The monoisotopic (exact) mass is 551 g/mol. The van der Waals surface area contributed by atoms with Crippen LogP contribution in [0.25, 0.3) is 0 Å². The summed E-state index contributed by atoms with van der Waals surface area (Å²) in [5, 5.41) is 3.47. The molecular weight excluding hydrogens is 513 g/mol. The van der Waals surface area contributed by atoms with Gasteiger partial charge in [-0.2, -0.15) is 0 Å². The number of halogens is 1. The summed E-state index contributed by atoms with van der Waals surface area (Å²) in [5.74, 6) is 3.15. The van der Waals surface area contributed by atoms with E-state index >= 15 is 0 Å². The van der Waals surface area contributed by atoms with Gasteiger partial charge in [0, 0.05) is 64.7 Å². The average Bonchev–Trinajstić information content (AvgIpc) is 2.79. The number of hydrogen-bond acceptors (Lipinski definition) is 6. The van der Waals surface area contributed by atoms with Gasteiger partial charge in [0.25, 0.3) is 0 Å². The Labute approximate surface area is 203 Å². The summed E-state index contributed by atoms with van der Waals surface area (Å²) in [6.07, 6.45) is 4.03. The largest absolute Gasteiger partial charge is 0.496 e. The predicted molar refractivity (Wildman–Crippen MR) is 134 cm³/mol. The molecule has 1 aromatic rings. The van der Waals surface area contributed by atoms with Crippen LogP contribution in [0.1, 0.15) is 24.8 Å². The molecule has 0 bridgehead atoms. The Morgan fingerprint density at radius 2 is 1.68 bits per heavy atom. The Bertz CT molecular complexity index is 642. The molecule has 0 radical (unpaired) electrons. The molecule has 0 aromatic heterocycles. The lowest BCUT2D eigenvalue weighted by atomic mass is 10.1. The van der Waals surface area contributed by atoms with Crippen LogP contribution >= 0.6 is 24.0 Å². The van der Waals surface area contributed by atoms with Crippen molar-refractivity contribution < 1.29 is 23.7 Å². The van der Waals surface area contributed by atoms with Crippen LogP contribution in [0, 0.1) is 0 Å². The van der Waals surface area contributed by atoms with Gasteiger partial charge >= 0.3 is 0 Å². The lowest BCUT2D eigenvalue weighted by Crippen LogP contribution is -2.47. The number of rotatable bonds is 11. The van der Waals surface area contributed by atoms with E-state index in [4.69, 9.17) is 23.7 Å². The first-order chi connectivity index (χ1) is 14.7. The first-order valence-electron chi connectivity index (χ1n) is 10.5. The molecule has 0 saturated carbocycles. The molecule has 0 spiro atoms. The summed E-state index contributed by atoms with van der Waals surface area (Å²) >= 11 is 0. The number of hydrogen-bond donors (Lipinski definition) is 1. The number of aliphatic imine (C=N–C) groups is 1. The minimum absolute atomic E-state index is 0. The van der Waals surface area contributed by atoms with E-state index in [0.717, 1.165) is 81.6 Å². The number of piperidine rings is 1. The van der Waals surface area contributed by atoms with Gasteiger partial charge in [-0.1, -0.05) is 0 Å². The van der Waals surface area contributed by atoms with Gasteiger partial charge in [-0.05, 0) is 25.7 Å². The highest BCUT2D eigenvalue weighted by atomic mass is 127. The normalized spacial score (nSPS) is 14.7. The van der Waals surface area contributed by atoms with E-state index < -0.39 is 0 Å². The van der Waals surface area contributed by atoms with Gasteiger partial charge in [-0.3, -0.25) is 4.99 Å². The Balaban J connectivity index is 0.00000480. The first kappa shape index (κ1) is 27.6. The molecule has 0 aliphatic carbocycles. The molecule has 1 aliphatic heterocycles. The molecule has 1 fully saturated rings. The highest BCUT2D eigenvalue weighted by molar-refractivity contribution is 14.0. The van der Waals surface area contributed by atoms with Gasteiger partial charge in [-0.15, -0.1) is 24.0 Å². The Hall–Kier alpha value is -1.46. The molecule has 1 N–H and O–H groups in total. The van der Waals surface area contributed by atoms with Crippen LogP contribution in [0.5, 0.6) is 17.2 Å². The zero-order valence-corrected chi connectivity index (χ0v) is 21.8. The van der Waals surface area contributed by atoms with Gasteiger partial charge in [0.15, 0.2) is 5.96 Å². The molecule has 0 amide bonds. The van der Waals surface area contributed by atoms with Crippen molar-refractivity contribution in [3.8, 4) is 17.2 Å². The Morgan fingerprint density at radius 3 is 2.19 bits per heavy atom. The lowest BCUT2D eigenvalue weighted by molar-refractivity contribution is 0.00991. The molecular formula is C22H38IN3O5. The molecule has 2 rings (SSSR count). The van der Waals surface area contributed by atoms with Crippen LogP contribution in [-0.4, -0.2) is 85.3 Å². The summed E-state index contributed by atoms with van der Waals surface area (Å²) in [6, 6.07) is 3.76. The van der Waals surface area contributed by atoms with Gasteiger partial charge in [0.2, 0.25) is 0 Å². The molecule has 1 aliphatic rings. The quantitative estimate of drug-likeness (QED) is 0.196. The molecule has 178 valence electrons. The molecule has 1 aromatic carbocycles. The summed E-state index contributed by atoms with van der Waals surface area (Å²) in [5.41, 5.74) is 1.01. The van der Waals surface area contributed by atoms with Crippen molar-refractivity contribution in [1.29, 1.82) is 0 Å². The summed E-state index contributed by atoms with van der Waals surface area (Å²) in [4.78, 5) is 6.75. The summed E-state index contributed by atoms with van der Waals surface area (Å²) in [6.45, 7) is 4.10. The van der Waals surface area contributed by atoms with E-state index in [1.807, 2.05) is 19.2 Å². The predicted octanol–water partition coefficient (Wildman–Crippen LogP) is 2.97. The van der Waals surface area contributed by atoms with Crippen LogP contribution < -0.4 is 19.5 Å². The molecule has 0 unspecified atom stereocenters. The maximum absolute atomic E-state index is 5.95. The fourth-order valence-electron chi connectivity index (χ4n) is 3.64. The molecule has 1 saturated heterocycles. The SMILES string of the molecule is CN=C(NCCc1c(OC)cc(OC)cc1OC)N1CCC(OCCCOC)CC1.I. The third-order valence-electron chi connectivity index (χ3n) is 5.27. The fraction of sp³-hybridized carbons (Fsp3) is 0.682. The van der Waals surface area contributed by atoms with Crippen molar-refractivity contribution in [2.75, 3.05) is 68.3 Å². The number of nitrogens with one attached hydrogen (secondary N) is 1. The number of methoxy groups -OCH3 is 4. The van der Waals surface area contributed by atoms with E-state index in [0.29, 0.717) is 11.9 Å². The van der Waals surface area contributed by atoms with Gasteiger partial charge in [0.05, 0.1) is 27.4 Å². The molecule has 31 heavy (non-hydrogen) atoms. The zero-order chi connectivity index (χ0) is 21.8. The standard InChI is InChI=1S/C22H37N3O5.HI/c1-23-22(25-11-8-17(9-12-25)30-14-6-13-26-2)24-10-7-19-20(28-4)15-18(27-3)16-21(19)29-5;/h15-17H,6-14H2,1-5H3,(H,23,24);1H. The molecule has 0 atom stereocenters. The molecule has 1 heterocycles. The van der Waals surface area contributed by atoms with Crippen molar-refractivity contribution in [1.82, 2.24) is 10.2 Å². The van der Waals surface area contributed by atoms with Crippen LogP contribution in [0.4, 0.5) is 0 Å². The highest BCUT2D eigenvalue weighted by Gasteiger charge is 2.22. The number of ether oxygens (including phenoxy) is 5. The summed E-state index contributed by atoms with van der Waals surface area (Å²) < 4.78 is 27.4. The van der Waals surface area contributed by atoms with Crippen LogP contribution in [0.15, 0.2) is 17.1 Å². The molecule has 8 nitrogen and oxygen atoms in total. The Morgan fingerprint density at radius 1 is 1.03 bits per heavy atom. The maximum atomic E-state index is 5.95. The van der Waals surface area contributed by atoms with E-state index in [1.165, 1.54) is 0 Å². The minimum atomic E-state index is 0. The second kappa shape index (κ2) is 15.4. The smallest absolute Gasteiger partial charge is 0.193 e. The van der Waals surface area contributed by atoms with Crippen LogP contribution in [0.3, 0.4) is 0 Å². The topological polar surface area (TPSA) is 73.8 Å². The molecule has 9 heteroatoms. The average molecular weight is 551 g/mol. The number of likely N-dealkylation sites (tertiary alicyclic amines) is 1. The van der Waals surface area contributed by atoms with E-state index in [-0.39, 0.29) is 24.0 Å². The second-order valence-corrected chi connectivity index (χ2v) is 7.14. The van der Waals surface area contributed by atoms with Gasteiger partial charge < -0.3 is 33.9 Å². The van der Waals surface area contributed by atoms with E-state index in [9.17, 15) is 0 Å². The van der Waals surface area contributed by atoms with Crippen molar-refractivity contribution in [3.63, 3.8) is 0 Å². The van der Waals surface area contributed by atoms with Crippen molar-refractivity contribution >= 4 is 29.9 Å². The number of benzene rings is 1. The van der Waals surface area contributed by atoms with E-state index in [2.05, 4.69) is 15.2 Å². The van der Waals surface area contributed by atoms with Crippen molar-refractivity contribution in [2.45, 2.75) is 31.8 Å². The lowest BCUT2D eigenvalue weighted by Gasteiger charge is -2.34. The minimum Gasteiger partial charge on any atom is -0.496 e. The first-order valence-corrected chi connectivity index (χ1v) is 10.5. The van der Waals surface area contributed by atoms with Crippen molar-refractivity contribution in [3.05, 3.63) is 17.7 Å². The Kier molecular flexibility index (Phi) is 13.7. The van der Waals surface area contributed by atoms with Crippen molar-refractivity contribution in [2.24, 2.45) is 4.99 Å². The second-order valence-electron chi connectivity index (χ2n) is 7.14. The third-order valence-corrected chi connectivity index (χ3v) is 5.27. The van der Waals surface area contributed by atoms with Gasteiger partial charge in [-0.25, -0.2) is 0 Å². The maximum Gasteiger partial charge on any atom is 0.193 e. The van der Waals surface area contributed by atoms with E-state index in [1.54, 1.807) is 28.4 Å². The number of guanidine groups is 1. The van der Waals surface area contributed by atoms with Crippen LogP contribution in [-0.2, 0) is 15.9 Å². The van der Waals surface area contributed by atoms with Crippen LogP contribution in [0.2, 0.25) is 0 Å². The fourth-order valence-corrected chi connectivity index (χ4v) is 3.64. The zero-order valence-electron chi connectivity index (χ0n) is 19.4. The van der Waals surface area contributed by atoms with Gasteiger partial charge in [0.1, 0.15) is 17.2 Å². The highest BCUT2D eigenvalue weighted by Crippen LogP contribution is 2.34. The summed E-state index contributed by atoms with van der Waals surface area (Å²) in [7, 11) is 8.49. The number of nitrogens with zero attached hydrogens (tertiary/aromatic N) is 2.